The Morgan fingerprint density at radius 1 is 1.25 bits per heavy atom. The van der Waals surface area contributed by atoms with Crippen LogP contribution in [0.4, 0.5) is 0 Å². The van der Waals surface area contributed by atoms with E-state index in [2.05, 4.69) is 40.4 Å². The number of nitrogens with zero attached hydrogens (tertiary/aromatic N) is 5. The number of carbonyl (C=O) groups is 1. The molecule has 0 spiro atoms. The lowest BCUT2D eigenvalue weighted by Gasteiger charge is -2.27. The number of hydrogen-bond acceptors (Lipinski definition) is 3. The van der Waals surface area contributed by atoms with E-state index >= 15 is 0 Å². The first-order valence-electron chi connectivity index (χ1n) is 11.2. The van der Waals surface area contributed by atoms with Crippen molar-refractivity contribution in [1.29, 1.82) is 0 Å². The van der Waals surface area contributed by atoms with Crippen molar-refractivity contribution in [3.63, 3.8) is 0 Å². The summed E-state index contributed by atoms with van der Waals surface area (Å²) < 4.78 is 1.87. The van der Waals surface area contributed by atoms with E-state index in [1.54, 1.807) is 7.05 Å². The second-order valence-electron chi connectivity index (χ2n) is 8.68. The van der Waals surface area contributed by atoms with Gasteiger partial charge < -0.3 is 15.1 Å². The Labute approximate surface area is 209 Å². The van der Waals surface area contributed by atoms with E-state index in [0.717, 1.165) is 55.3 Å². The van der Waals surface area contributed by atoms with Crippen LogP contribution in [0.2, 0.25) is 0 Å². The number of aryl methyl sites for hydroxylation is 1. The number of guanidine groups is 1. The SMILES string of the molecule is CN=C(NCc1cccc(C(=O)N2CCCCC2)c1)N(C)Cc1cn(C)nc1C(C)C.I. The summed E-state index contributed by atoms with van der Waals surface area (Å²) in [7, 11) is 5.78. The third-order valence-electron chi connectivity index (χ3n) is 5.73. The van der Waals surface area contributed by atoms with Crippen LogP contribution in [0.25, 0.3) is 0 Å². The standard InChI is InChI=1S/C24H36N6O.HI/c1-18(2)22-21(17-29(5)27-22)16-28(4)24(25-3)26-15-19-10-9-11-20(14-19)23(31)30-12-7-6-8-13-30;/h9-11,14,17-18H,6-8,12-13,15-16H2,1-5H3,(H,25,26);1H. The third kappa shape index (κ3) is 6.70. The van der Waals surface area contributed by atoms with E-state index in [4.69, 9.17) is 0 Å². The maximum absolute atomic E-state index is 12.8. The quantitative estimate of drug-likeness (QED) is 0.335. The molecule has 32 heavy (non-hydrogen) atoms. The van der Waals surface area contributed by atoms with Crippen LogP contribution < -0.4 is 5.32 Å². The number of likely N-dealkylation sites (tertiary alicyclic amines) is 1. The van der Waals surface area contributed by atoms with E-state index in [0.29, 0.717) is 12.5 Å². The minimum Gasteiger partial charge on any atom is -0.352 e. The first-order valence-corrected chi connectivity index (χ1v) is 11.2. The molecule has 1 aromatic carbocycles. The lowest BCUT2D eigenvalue weighted by atomic mass is 10.1. The summed E-state index contributed by atoms with van der Waals surface area (Å²) in [6.07, 6.45) is 5.50. The highest BCUT2D eigenvalue weighted by Crippen LogP contribution is 2.19. The summed E-state index contributed by atoms with van der Waals surface area (Å²) in [6.45, 7) is 7.40. The fourth-order valence-electron chi connectivity index (χ4n) is 4.15. The first kappa shape index (κ1) is 26.2. The Morgan fingerprint density at radius 2 is 1.97 bits per heavy atom. The highest BCUT2D eigenvalue weighted by atomic mass is 127. The number of piperidine rings is 1. The lowest BCUT2D eigenvalue weighted by molar-refractivity contribution is 0.0724. The highest BCUT2D eigenvalue weighted by molar-refractivity contribution is 14.0. The molecule has 1 aromatic heterocycles. The van der Waals surface area contributed by atoms with Gasteiger partial charge in [-0.1, -0.05) is 26.0 Å². The summed E-state index contributed by atoms with van der Waals surface area (Å²) in [4.78, 5) is 21.3. The molecule has 1 fully saturated rings. The largest absolute Gasteiger partial charge is 0.352 e. The van der Waals surface area contributed by atoms with Crippen molar-refractivity contribution in [2.45, 2.75) is 52.1 Å². The fourth-order valence-corrected chi connectivity index (χ4v) is 4.15. The van der Waals surface area contributed by atoms with Gasteiger partial charge in [0.2, 0.25) is 0 Å². The smallest absolute Gasteiger partial charge is 0.253 e. The Morgan fingerprint density at radius 3 is 2.62 bits per heavy atom. The molecule has 0 saturated carbocycles. The number of halogens is 1. The van der Waals surface area contributed by atoms with Crippen LogP contribution in [0.3, 0.4) is 0 Å². The molecule has 1 saturated heterocycles. The predicted octanol–water partition coefficient (Wildman–Crippen LogP) is 4.00. The number of nitrogens with one attached hydrogen (secondary N) is 1. The fraction of sp³-hybridized carbons (Fsp3) is 0.542. The summed E-state index contributed by atoms with van der Waals surface area (Å²) in [5.41, 5.74) is 4.16. The topological polar surface area (TPSA) is 65.8 Å². The van der Waals surface area contributed by atoms with Crippen LogP contribution in [0.1, 0.15) is 66.2 Å². The van der Waals surface area contributed by atoms with Crippen molar-refractivity contribution in [2.24, 2.45) is 12.0 Å². The van der Waals surface area contributed by atoms with Gasteiger partial charge in [0.15, 0.2) is 5.96 Å². The second-order valence-corrected chi connectivity index (χ2v) is 8.68. The van der Waals surface area contributed by atoms with Crippen molar-refractivity contribution in [3.05, 3.63) is 52.8 Å². The van der Waals surface area contributed by atoms with Crippen LogP contribution in [-0.4, -0.2) is 58.6 Å². The summed E-state index contributed by atoms with van der Waals surface area (Å²) in [5, 5.41) is 8.03. The Kier molecular flexibility index (Phi) is 9.99. The molecule has 2 aromatic rings. The Hall–Kier alpha value is -2.10. The normalized spacial score (nSPS) is 14.3. The zero-order chi connectivity index (χ0) is 22.4. The highest BCUT2D eigenvalue weighted by Gasteiger charge is 2.19. The van der Waals surface area contributed by atoms with Gasteiger partial charge >= 0.3 is 0 Å². The molecule has 8 heteroatoms. The molecule has 0 radical (unpaired) electrons. The third-order valence-corrected chi connectivity index (χ3v) is 5.73. The van der Waals surface area contributed by atoms with Crippen molar-refractivity contribution in [1.82, 2.24) is 24.9 Å². The zero-order valence-electron chi connectivity index (χ0n) is 20.0. The van der Waals surface area contributed by atoms with Gasteiger partial charge in [0, 0.05) is 64.6 Å². The van der Waals surface area contributed by atoms with Crippen molar-refractivity contribution in [2.75, 3.05) is 27.2 Å². The number of benzene rings is 1. The number of aromatic nitrogens is 2. The molecule has 1 aliphatic heterocycles. The van der Waals surface area contributed by atoms with Crippen LogP contribution in [0, 0.1) is 0 Å². The average Bonchev–Trinajstić information content (AvgIpc) is 3.14. The van der Waals surface area contributed by atoms with Gasteiger partial charge in [0.05, 0.1) is 5.69 Å². The van der Waals surface area contributed by atoms with E-state index < -0.39 is 0 Å². The van der Waals surface area contributed by atoms with Gasteiger partial charge in [-0.2, -0.15) is 5.10 Å². The number of rotatable bonds is 6. The first-order chi connectivity index (χ1) is 14.9. The molecule has 1 amide bonds. The molecule has 0 unspecified atom stereocenters. The molecule has 1 aliphatic rings. The second kappa shape index (κ2) is 12.2. The molecule has 3 rings (SSSR count). The molecular formula is C24H37IN6O. The number of carbonyl (C=O) groups excluding carboxylic acids is 1. The monoisotopic (exact) mass is 552 g/mol. The van der Waals surface area contributed by atoms with E-state index in [9.17, 15) is 4.79 Å². The number of hydrogen-bond donors (Lipinski definition) is 1. The summed E-state index contributed by atoms with van der Waals surface area (Å²) in [5.74, 6) is 1.33. The number of aliphatic imine (C=N–C) groups is 1. The van der Waals surface area contributed by atoms with Crippen LogP contribution >= 0.6 is 24.0 Å². The molecule has 0 atom stereocenters. The van der Waals surface area contributed by atoms with Gasteiger partial charge in [0.25, 0.3) is 5.91 Å². The molecular weight excluding hydrogens is 515 g/mol. The molecule has 0 bridgehead atoms. The van der Waals surface area contributed by atoms with Crippen molar-refractivity contribution in [3.8, 4) is 0 Å². The molecule has 2 heterocycles. The van der Waals surface area contributed by atoms with Gasteiger partial charge in [-0.05, 0) is 42.9 Å². The lowest BCUT2D eigenvalue weighted by Crippen LogP contribution is -2.38. The molecule has 7 nitrogen and oxygen atoms in total. The van der Waals surface area contributed by atoms with Gasteiger partial charge in [-0.15, -0.1) is 24.0 Å². The molecule has 0 aliphatic carbocycles. The van der Waals surface area contributed by atoms with Crippen molar-refractivity contribution >= 4 is 35.8 Å². The van der Waals surface area contributed by atoms with E-state index in [1.807, 2.05) is 47.9 Å². The van der Waals surface area contributed by atoms with Gasteiger partial charge in [-0.3, -0.25) is 14.5 Å². The minimum atomic E-state index is 0. The van der Waals surface area contributed by atoms with Crippen LogP contribution in [-0.2, 0) is 20.1 Å². The Bertz CT molecular complexity index is 917. The molecule has 1 N–H and O–H groups in total. The number of amides is 1. The zero-order valence-corrected chi connectivity index (χ0v) is 22.3. The summed E-state index contributed by atoms with van der Waals surface area (Å²) in [6, 6.07) is 7.92. The van der Waals surface area contributed by atoms with Crippen LogP contribution in [0.15, 0.2) is 35.5 Å². The molecule has 176 valence electrons. The predicted molar refractivity (Wildman–Crippen MR) is 141 cm³/mol. The Balaban J connectivity index is 0.00000363. The van der Waals surface area contributed by atoms with Crippen molar-refractivity contribution < 1.29 is 4.79 Å². The van der Waals surface area contributed by atoms with E-state index in [1.165, 1.54) is 12.0 Å². The van der Waals surface area contributed by atoms with Crippen LogP contribution in [0.5, 0.6) is 0 Å². The van der Waals surface area contributed by atoms with Gasteiger partial charge in [0.1, 0.15) is 0 Å². The maximum Gasteiger partial charge on any atom is 0.253 e. The van der Waals surface area contributed by atoms with Gasteiger partial charge in [-0.25, -0.2) is 0 Å². The van der Waals surface area contributed by atoms with E-state index in [-0.39, 0.29) is 29.9 Å². The average molecular weight is 553 g/mol. The summed E-state index contributed by atoms with van der Waals surface area (Å²) >= 11 is 0. The minimum absolute atomic E-state index is 0. The maximum atomic E-state index is 12.8.